The van der Waals surface area contributed by atoms with Crippen LogP contribution in [0.2, 0.25) is 0 Å². The molecule has 2 N–H and O–H groups in total. The number of likely N-dealkylation sites (tertiary alicyclic amines) is 1. The number of aryl methyl sites for hydroxylation is 1. The van der Waals surface area contributed by atoms with Gasteiger partial charge in [0.2, 0.25) is 0 Å². The first-order valence-corrected chi connectivity index (χ1v) is 8.35. The Morgan fingerprint density at radius 2 is 2.14 bits per heavy atom. The molecule has 0 bridgehead atoms. The van der Waals surface area contributed by atoms with Gasteiger partial charge in [0.1, 0.15) is 0 Å². The van der Waals surface area contributed by atoms with E-state index in [1.54, 1.807) is 0 Å². The summed E-state index contributed by atoms with van der Waals surface area (Å²) < 4.78 is 0. The van der Waals surface area contributed by atoms with Crippen molar-refractivity contribution in [2.45, 2.75) is 52.1 Å². The van der Waals surface area contributed by atoms with E-state index in [2.05, 4.69) is 48.4 Å². The molecule has 1 aliphatic rings. The summed E-state index contributed by atoms with van der Waals surface area (Å²) in [6, 6.07) is 9.40. The summed E-state index contributed by atoms with van der Waals surface area (Å²) in [4.78, 5) is 2.59. The van der Waals surface area contributed by atoms with Crippen LogP contribution in [0.5, 0.6) is 0 Å². The quantitative estimate of drug-likeness (QED) is 0.832. The highest BCUT2D eigenvalue weighted by molar-refractivity contribution is 7.80. The van der Waals surface area contributed by atoms with Crippen molar-refractivity contribution in [3.05, 3.63) is 29.8 Å². The molecule has 0 aliphatic carbocycles. The van der Waals surface area contributed by atoms with Crippen LogP contribution in [0, 0.1) is 6.92 Å². The molecule has 2 unspecified atom stereocenters. The third-order valence-corrected chi connectivity index (χ3v) is 4.62. The molecule has 116 valence electrons. The summed E-state index contributed by atoms with van der Waals surface area (Å²) >= 11 is 5.40. The van der Waals surface area contributed by atoms with Gasteiger partial charge < -0.3 is 10.6 Å². The van der Waals surface area contributed by atoms with Crippen molar-refractivity contribution in [2.75, 3.05) is 18.4 Å². The van der Waals surface area contributed by atoms with Crippen LogP contribution in [0.1, 0.15) is 38.7 Å². The largest absolute Gasteiger partial charge is 0.361 e. The van der Waals surface area contributed by atoms with E-state index < -0.39 is 0 Å². The molecule has 1 saturated heterocycles. The molecule has 1 heterocycles. The van der Waals surface area contributed by atoms with E-state index in [0.29, 0.717) is 17.2 Å². The van der Waals surface area contributed by atoms with Crippen molar-refractivity contribution in [1.82, 2.24) is 10.2 Å². The zero-order valence-electron chi connectivity index (χ0n) is 13.4. The smallest absolute Gasteiger partial charge is 0.170 e. The first-order valence-electron chi connectivity index (χ1n) is 7.94. The molecular weight excluding hydrogens is 278 g/mol. The summed E-state index contributed by atoms with van der Waals surface area (Å²) in [5, 5.41) is 7.35. The minimum atomic E-state index is 0.511. The Bertz CT molecular complexity index is 475. The van der Waals surface area contributed by atoms with Gasteiger partial charge >= 0.3 is 0 Å². The average Bonchev–Trinajstić information content (AvgIpc) is 2.48. The minimum absolute atomic E-state index is 0.511. The maximum absolute atomic E-state index is 5.40. The molecule has 2 rings (SSSR count). The molecule has 0 saturated carbocycles. The van der Waals surface area contributed by atoms with E-state index in [1.165, 1.54) is 31.4 Å². The highest BCUT2D eigenvalue weighted by atomic mass is 32.1. The molecule has 4 heteroatoms. The summed E-state index contributed by atoms with van der Waals surface area (Å²) in [5.74, 6) is 0. The molecule has 0 amide bonds. The van der Waals surface area contributed by atoms with E-state index in [0.717, 1.165) is 12.2 Å². The van der Waals surface area contributed by atoms with Crippen LogP contribution < -0.4 is 10.6 Å². The predicted octanol–water partition coefficient (Wildman–Crippen LogP) is 3.54. The van der Waals surface area contributed by atoms with Crippen molar-refractivity contribution < 1.29 is 0 Å². The number of thiocarbonyl (C=S) groups is 1. The molecule has 1 aliphatic heterocycles. The topological polar surface area (TPSA) is 27.3 Å². The van der Waals surface area contributed by atoms with Crippen LogP contribution in [0.3, 0.4) is 0 Å². The van der Waals surface area contributed by atoms with Crippen LogP contribution in [0.15, 0.2) is 24.3 Å². The Kier molecular flexibility index (Phi) is 6.00. The Balaban J connectivity index is 1.79. The Hall–Kier alpha value is -1.13. The standard InChI is InChI=1S/C17H27N3S/c1-13-8-4-5-10-16(13)19-17(21)18-12-15(3)20-11-7-6-9-14(20)2/h4-5,8,10,14-15H,6-7,9,11-12H2,1-3H3,(H2,18,19,21). The fourth-order valence-corrected chi connectivity index (χ4v) is 3.21. The lowest BCUT2D eigenvalue weighted by atomic mass is 10.0. The minimum Gasteiger partial charge on any atom is -0.361 e. The normalized spacial score (nSPS) is 20.8. The van der Waals surface area contributed by atoms with Crippen LogP contribution in [0.25, 0.3) is 0 Å². The van der Waals surface area contributed by atoms with E-state index in [1.807, 2.05) is 12.1 Å². The second-order valence-corrected chi connectivity index (χ2v) is 6.49. The number of anilines is 1. The molecule has 1 aromatic rings. The molecule has 3 nitrogen and oxygen atoms in total. The fraction of sp³-hybridized carbons (Fsp3) is 0.588. The molecule has 0 aromatic heterocycles. The van der Waals surface area contributed by atoms with E-state index in [-0.39, 0.29) is 0 Å². The van der Waals surface area contributed by atoms with Gasteiger partial charge in [0.05, 0.1) is 0 Å². The molecule has 2 atom stereocenters. The van der Waals surface area contributed by atoms with Gasteiger partial charge in [0, 0.05) is 24.3 Å². The number of hydrogen-bond donors (Lipinski definition) is 2. The van der Waals surface area contributed by atoms with Gasteiger partial charge in [-0.15, -0.1) is 0 Å². The maximum atomic E-state index is 5.40. The SMILES string of the molecule is Cc1ccccc1NC(=S)NCC(C)N1CCCCC1C. The molecule has 1 fully saturated rings. The predicted molar refractivity (Wildman–Crippen MR) is 94.9 cm³/mol. The summed E-state index contributed by atoms with van der Waals surface area (Å²) in [6.07, 6.45) is 4.00. The number of benzene rings is 1. The molecule has 0 radical (unpaired) electrons. The van der Waals surface area contributed by atoms with Crippen molar-refractivity contribution in [2.24, 2.45) is 0 Å². The van der Waals surface area contributed by atoms with Gasteiger partial charge in [-0.1, -0.05) is 24.6 Å². The number of nitrogens with zero attached hydrogens (tertiary/aromatic N) is 1. The summed E-state index contributed by atoms with van der Waals surface area (Å²) in [5.41, 5.74) is 2.29. The Labute approximate surface area is 134 Å². The third-order valence-electron chi connectivity index (χ3n) is 4.37. The highest BCUT2D eigenvalue weighted by Crippen LogP contribution is 2.18. The van der Waals surface area contributed by atoms with Gasteiger partial charge in [0.25, 0.3) is 0 Å². The van der Waals surface area contributed by atoms with Gasteiger partial charge in [-0.25, -0.2) is 0 Å². The fourth-order valence-electron chi connectivity index (χ4n) is 3.01. The molecular formula is C17H27N3S. The number of nitrogens with one attached hydrogen (secondary N) is 2. The summed E-state index contributed by atoms with van der Waals surface area (Å²) in [7, 11) is 0. The number of para-hydroxylation sites is 1. The summed E-state index contributed by atoms with van der Waals surface area (Å²) in [6.45, 7) is 8.80. The second-order valence-electron chi connectivity index (χ2n) is 6.08. The zero-order valence-corrected chi connectivity index (χ0v) is 14.2. The first-order chi connectivity index (χ1) is 10.1. The molecule has 0 spiro atoms. The number of rotatable bonds is 4. The average molecular weight is 305 g/mol. The van der Waals surface area contributed by atoms with Gasteiger partial charge in [-0.3, -0.25) is 4.90 Å². The van der Waals surface area contributed by atoms with E-state index in [4.69, 9.17) is 12.2 Å². The first kappa shape index (κ1) is 16.2. The van der Waals surface area contributed by atoms with Crippen molar-refractivity contribution in [3.63, 3.8) is 0 Å². The third kappa shape index (κ3) is 4.68. The van der Waals surface area contributed by atoms with Crippen LogP contribution in [0.4, 0.5) is 5.69 Å². The maximum Gasteiger partial charge on any atom is 0.170 e. The van der Waals surface area contributed by atoms with E-state index >= 15 is 0 Å². The van der Waals surface area contributed by atoms with Crippen molar-refractivity contribution >= 4 is 23.0 Å². The van der Waals surface area contributed by atoms with Gasteiger partial charge in [-0.2, -0.15) is 0 Å². The second kappa shape index (κ2) is 7.76. The highest BCUT2D eigenvalue weighted by Gasteiger charge is 2.22. The van der Waals surface area contributed by atoms with Gasteiger partial charge in [0.15, 0.2) is 5.11 Å². The van der Waals surface area contributed by atoms with Crippen LogP contribution in [-0.4, -0.2) is 35.2 Å². The Morgan fingerprint density at radius 1 is 1.38 bits per heavy atom. The monoisotopic (exact) mass is 305 g/mol. The lowest BCUT2D eigenvalue weighted by Gasteiger charge is -2.38. The lowest BCUT2D eigenvalue weighted by Crippen LogP contribution is -2.49. The van der Waals surface area contributed by atoms with Crippen molar-refractivity contribution in [1.29, 1.82) is 0 Å². The van der Waals surface area contributed by atoms with Gasteiger partial charge in [-0.05, 0) is 64.0 Å². The lowest BCUT2D eigenvalue weighted by molar-refractivity contribution is 0.116. The number of hydrogen-bond acceptors (Lipinski definition) is 2. The zero-order chi connectivity index (χ0) is 15.2. The molecule has 21 heavy (non-hydrogen) atoms. The Morgan fingerprint density at radius 3 is 2.86 bits per heavy atom. The molecule has 1 aromatic carbocycles. The van der Waals surface area contributed by atoms with Crippen LogP contribution >= 0.6 is 12.2 Å². The van der Waals surface area contributed by atoms with Crippen LogP contribution in [-0.2, 0) is 0 Å². The van der Waals surface area contributed by atoms with E-state index in [9.17, 15) is 0 Å². The number of piperidine rings is 1. The van der Waals surface area contributed by atoms with Crippen molar-refractivity contribution in [3.8, 4) is 0 Å².